The molecular weight excluding hydrogens is 331 g/mol. The molecule has 0 fully saturated rings. The molecule has 1 amide bonds. The van der Waals surface area contributed by atoms with Crippen molar-refractivity contribution in [1.29, 1.82) is 0 Å². The number of nitrogens with one attached hydrogen (secondary N) is 2. The summed E-state index contributed by atoms with van der Waals surface area (Å²) in [5.74, 6) is -0.128. The van der Waals surface area contributed by atoms with Crippen molar-refractivity contribution >= 4 is 29.1 Å². The second-order valence-electron chi connectivity index (χ2n) is 5.50. The van der Waals surface area contributed by atoms with Gasteiger partial charge in [-0.05, 0) is 42.4 Å². The van der Waals surface area contributed by atoms with E-state index >= 15 is 0 Å². The highest BCUT2D eigenvalue weighted by molar-refractivity contribution is 6.30. The van der Waals surface area contributed by atoms with Gasteiger partial charge in [0.15, 0.2) is 0 Å². The van der Waals surface area contributed by atoms with Crippen molar-refractivity contribution in [3.63, 3.8) is 0 Å². The molecule has 0 radical (unpaired) electrons. The Morgan fingerprint density at radius 2 is 1.39 bits per heavy atom. The molecule has 1 unspecified atom stereocenters. The van der Waals surface area contributed by atoms with E-state index in [1.807, 2.05) is 62.5 Å². The van der Waals surface area contributed by atoms with Crippen molar-refractivity contribution in [1.82, 2.24) is 10.6 Å². The van der Waals surface area contributed by atoms with E-state index in [9.17, 15) is 4.79 Å². The number of carbonyl (C=O) groups excluding carboxylic acids is 1. The number of hydrogen-bond donors (Lipinski definition) is 2. The minimum atomic E-state index is -0.240. The van der Waals surface area contributed by atoms with Gasteiger partial charge in [-0.2, -0.15) is 0 Å². The molecule has 2 aromatic rings. The SMILES string of the molecule is CNCC(C)C(=O)NC(c1ccc(Cl)cc1)c1ccc(Cl)cc1. The average Bonchev–Trinajstić information content (AvgIpc) is 2.54. The summed E-state index contributed by atoms with van der Waals surface area (Å²) in [5.41, 5.74) is 1.95. The second kappa shape index (κ2) is 8.34. The molecule has 0 saturated carbocycles. The Bertz CT molecular complexity index is 596. The molecule has 3 nitrogen and oxygen atoms in total. The number of halogens is 2. The summed E-state index contributed by atoms with van der Waals surface area (Å²) in [7, 11) is 1.83. The second-order valence-corrected chi connectivity index (χ2v) is 6.38. The molecule has 0 bridgehead atoms. The lowest BCUT2D eigenvalue weighted by atomic mass is 9.98. The molecule has 5 heteroatoms. The highest BCUT2D eigenvalue weighted by Crippen LogP contribution is 2.25. The zero-order valence-electron chi connectivity index (χ0n) is 13.1. The quantitative estimate of drug-likeness (QED) is 0.824. The van der Waals surface area contributed by atoms with Crippen LogP contribution in [-0.4, -0.2) is 19.5 Å². The Balaban J connectivity index is 2.29. The third-order valence-electron chi connectivity index (χ3n) is 3.65. The number of carbonyl (C=O) groups is 1. The van der Waals surface area contributed by atoms with Crippen LogP contribution in [0.1, 0.15) is 24.1 Å². The minimum Gasteiger partial charge on any atom is -0.345 e. The first-order chi connectivity index (χ1) is 11.0. The molecule has 0 heterocycles. The van der Waals surface area contributed by atoms with Gasteiger partial charge in [0, 0.05) is 22.5 Å². The van der Waals surface area contributed by atoms with E-state index in [4.69, 9.17) is 23.2 Å². The van der Waals surface area contributed by atoms with Crippen LogP contribution in [0.15, 0.2) is 48.5 Å². The highest BCUT2D eigenvalue weighted by atomic mass is 35.5. The molecule has 0 aliphatic rings. The molecule has 2 aromatic carbocycles. The molecule has 2 N–H and O–H groups in total. The van der Waals surface area contributed by atoms with Gasteiger partial charge in [0.25, 0.3) is 0 Å². The van der Waals surface area contributed by atoms with Gasteiger partial charge in [0.1, 0.15) is 0 Å². The normalized spacial score (nSPS) is 12.2. The van der Waals surface area contributed by atoms with E-state index in [-0.39, 0.29) is 17.9 Å². The molecule has 23 heavy (non-hydrogen) atoms. The first-order valence-corrected chi connectivity index (χ1v) is 8.22. The predicted octanol–water partition coefficient (Wildman–Crippen LogP) is 4.05. The lowest BCUT2D eigenvalue weighted by Crippen LogP contribution is -2.37. The van der Waals surface area contributed by atoms with Crippen LogP contribution in [0, 0.1) is 5.92 Å². The summed E-state index contributed by atoms with van der Waals surface area (Å²) < 4.78 is 0. The fourth-order valence-corrected chi connectivity index (χ4v) is 2.60. The van der Waals surface area contributed by atoms with E-state index in [1.54, 1.807) is 0 Å². The fourth-order valence-electron chi connectivity index (χ4n) is 2.35. The number of rotatable bonds is 6. The van der Waals surface area contributed by atoms with Gasteiger partial charge in [-0.1, -0.05) is 54.4 Å². The zero-order chi connectivity index (χ0) is 16.8. The minimum absolute atomic E-state index is 0.00532. The average molecular weight is 351 g/mol. The summed E-state index contributed by atoms with van der Waals surface area (Å²) in [6.45, 7) is 2.52. The Hall–Kier alpha value is -1.55. The molecule has 0 saturated heterocycles. The molecule has 1 atom stereocenters. The van der Waals surface area contributed by atoms with Crippen LogP contribution < -0.4 is 10.6 Å². The maximum atomic E-state index is 12.4. The van der Waals surface area contributed by atoms with Gasteiger partial charge in [-0.15, -0.1) is 0 Å². The lowest BCUT2D eigenvalue weighted by molar-refractivity contribution is -0.124. The maximum Gasteiger partial charge on any atom is 0.224 e. The highest BCUT2D eigenvalue weighted by Gasteiger charge is 2.20. The van der Waals surface area contributed by atoms with Crippen LogP contribution in [0.3, 0.4) is 0 Å². The van der Waals surface area contributed by atoms with Crippen LogP contribution >= 0.6 is 23.2 Å². The lowest BCUT2D eigenvalue weighted by Gasteiger charge is -2.22. The molecule has 122 valence electrons. The first kappa shape index (κ1) is 17.8. The summed E-state index contributed by atoms with van der Waals surface area (Å²) in [5, 5.41) is 7.46. The van der Waals surface area contributed by atoms with Gasteiger partial charge in [0.05, 0.1) is 6.04 Å². The van der Waals surface area contributed by atoms with Crippen LogP contribution in [0.25, 0.3) is 0 Å². The molecule has 0 spiro atoms. The van der Waals surface area contributed by atoms with Gasteiger partial charge in [-0.25, -0.2) is 0 Å². The third kappa shape index (κ3) is 4.96. The molecule has 0 aliphatic heterocycles. The van der Waals surface area contributed by atoms with E-state index in [1.165, 1.54) is 0 Å². The Morgan fingerprint density at radius 3 is 1.78 bits per heavy atom. The van der Waals surface area contributed by atoms with Gasteiger partial charge in [0.2, 0.25) is 5.91 Å². The largest absolute Gasteiger partial charge is 0.345 e. The summed E-state index contributed by atoms with van der Waals surface area (Å²) in [6, 6.07) is 14.7. The van der Waals surface area contributed by atoms with Crippen molar-refractivity contribution < 1.29 is 4.79 Å². The van der Waals surface area contributed by atoms with Crippen LogP contribution in [0.2, 0.25) is 10.0 Å². The summed E-state index contributed by atoms with van der Waals surface area (Å²) in [6.07, 6.45) is 0. The third-order valence-corrected chi connectivity index (χ3v) is 4.16. The van der Waals surface area contributed by atoms with Crippen molar-refractivity contribution in [2.75, 3.05) is 13.6 Å². The van der Waals surface area contributed by atoms with Crippen molar-refractivity contribution in [2.24, 2.45) is 5.92 Å². The van der Waals surface area contributed by atoms with Crippen LogP contribution in [0.4, 0.5) is 0 Å². The number of amides is 1. The topological polar surface area (TPSA) is 41.1 Å². The summed E-state index contributed by atoms with van der Waals surface area (Å²) in [4.78, 5) is 12.4. The van der Waals surface area contributed by atoms with Crippen LogP contribution in [0.5, 0.6) is 0 Å². The monoisotopic (exact) mass is 350 g/mol. The van der Waals surface area contributed by atoms with Crippen molar-refractivity contribution in [3.8, 4) is 0 Å². The van der Waals surface area contributed by atoms with E-state index in [0.717, 1.165) is 11.1 Å². The molecule has 0 aliphatic carbocycles. The first-order valence-electron chi connectivity index (χ1n) is 7.47. The van der Waals surface area contributed by atoms with Crippen molar-refractivity contribution in [2.45, 2.75) is 13.0 Å². The zero-order valence-corrected chi connectivity index (χ0v) is 14.7. The fraction of sp³-hybridized carbons (Fsp3) is 0.278. The van der Waals surface area contributed by atoms with Gasteiger partial charge in [-0.3, -0.25) is 4.79 Å². The Kier molecular flexibility index (Phi) is 6.46. The van der Waals surface area contributed by atoms with Crippen molar-refractivity contribution in [3.05, 3.63) is 69.7 Å². The maximum absolute atomic E-state index is 12.4. The predicted molar refractivity (Wildman–Crippen MR) is 96.0 cm³/mol. The van der Waals surface area contributed by atoms with E-state index < -0.39 is 0 Å². The Labute approximate surface area is 147 Å². The van der Waals surface area contributed by atoms with Gasteiger partial charge >= 0.3 is 0 Å². The number of hydrogen-bond acceptors (Lipinski definition) is 2. The smallest absolute Gasteiger partial charge is 0.224 e. The van der Waals surface area contributed by atoms with E-state index in [0.29, 0.717) is 16.6 Å². The summed E-state index contributed by atoms with van der Waals surface area (Å²) >= 11 is 11.9. The molecule has 2 rings (SSSR count). The molecular formula is C18H20Cl2N2O. The Morgan fingerprint density at radius 1 is 0.957 bits per heavy atom. The van der Waals surface area contributed by atoms with Gasteiger partial charge < -0.3 is 10.6 Å². The standard InChI is InChI=1S/C18H20Cl2N2O/c1-12(11-21-2)18(23)22-17(13-3-7-15(19)8-4-13)14-5-9-16(20)10-6-14/h3-10,12,17,21H,11H2,1-2H3,(H,22,23). The number of benzene rings is 2. The van der Waals surface area contributed by atoms with Crippen LogP contribution in [-0.2, 0) is 4.79 Å². The van der Waals surface area contributed by atoms with E-state index in [2.05, 4.69) is 10.6 Å². The molecule has 0 aromatic heterocycles.